The zero-order chi connectivity index (χ0) is 20.9. The van der Waals surface area contributed by atoms with Gasteiger partial charge in [-0.2, -0.15) is 0 Å². The van der Waals surface area contributed by atoms with E-state index in [1.54, 1.807) is 23.5 Å². The summed E-state index contributed by atoms with van der Waals surface area (Å²) in [5.41, 5.74) is 1.59. The van der Waals surface area contributed by atoms with Gasteiger partial charge < -0.3 is 4.42 Å². The molecule has 2 aromatic heterocycles. The minimum absolute atomic E-state index is 0.0451. The van der Waals surface area contributed by atoms with E-state index in [0.29, 0.717) is 22.8 Å². The van der Waals surface area contributed by atoms with Crippen molar-refractivity contribution in [3.63, 3.8) is 0 Å². The van der Waals surface area contributed by atoms with Gasteiger partial charge >= 0.3 is 0 Å². The van der Waals surface area contributed by atoms with Gasteiger partial charge in [-0.25, -0.2) is 12.7 Å². The van der Waals surface area contributed by atoms with E-state index < -0.39 is 15.9 Å². The summed E-state index contributed by atoms with van der Waals surface area (Å²) in [6.07, 6.45) is 3.39. The number of fused-ring (bicyclic) bond motifs is 2. The van der Waals surface area contributed by atoms with E-state index in [0.717, 1.165) is 22.0 Å². The molecule has 0 spiro atoms. The van der Waals surface area contributed by atoms with Crippen LogP contribution >= 0.6 is 23.1 Å². The molecule has 30 heavy (non-hydrogen) atoms. The van der Waals surface area contributed by atoms with E-state index >= 15 is 0 Å². The quantitative estimate of drug-likeness (QED) is 0.533. The second kappa shape index (κ2) is 7.51. The van der Waals surface area contributed by atoms with Crippen LogP contribution in [-0.2, 0) is 22.9 Å². The Morgan fingerprint density at radius 2 is 2.13 bits per heavy atom. The number of benzene rings is 1. The van der Waals surface area contributed by atoms with E-state index in [4.69, 9.17) is 4.42 Å². The number of aromatic nitrogens is 2. The molecule has 0 bridgehead atoms. The van der Waals surface area contributed by atoms with Crippen LogP contribution in [0.15, 0.2) is 44.9 Å². The molecule has 0 unspecified atom stereocenters. The molecule has 0 N–H and O–H groups in total. The third-order valence-corrected chi connectivity index (χ3v) is 9.24. The van der Waals surface area contributed by atoms with Crippen LogP contribution in [0.5, 0.6) is 0 Å². The molecule has 3 heterocycles. The number of hydrogen-bond donors (Lipinski definition) is 0. The van der Waals surface area contributed by atoms with Crippen molar-refractivity contribution >= 4 is 39.0 Å². The number of carbonyl (C=O) groups is 1. The fourth-order valence-corrected chi connectivity index (χ4v) is 7.35. The zero-order valence-electron chi connectivity index (χ0n) is 16.2. The summed E-state index contributed by atoms with van der Waals surface area (Å²) in [6, 6.07) is 8.41. The molecule has 10 heteroatoms. The number of nitrogens with zero attached hydrogens (tertiary/aromatic N) is 3. The lowest BCUT2D eigenvalue weighted by Gasteiger charge is -2.16. The summed E-state index contributed by atoms with van der Waals surface area (Å²) >= 11 is 2.95. The lowest BCUT2D eigenvalue weighted by Crippen LogP contribution is -2.32. The van der Waals surface area contributed by atoms with Gasteiger partial charge in [-0.05, 0) is 48.9 Å². The van der Waals surface area contributed by atoms with E-state index in [9.17, 15) is 13.2 Å². The van der Waals surface area contributed by atoms with Gasteiger partial charge in [-0.3, -0.25) is 4.79 Å². The van der Waals surface area contributed by atoms with Crippen molar-refractivity contribution in [3.05, 3.63) is 46.3 Å². The smallest absolute Gasteiger partial charge is 0.276 e. The van der Waals surface area contributed by atoms with Gasteiger partial charge in [0.2, 0.25) is 0 Å². The molecule has 1 aromatic carbocycles. The molecule has 0 saturated heterocycles. The highest BCUT2D eigenvalue weighted by molar-refractivity contribution is 7.99. The topological polar surface area (TPSA) is 93.4 Å². The second-order valence-corrected chi connectivity index (χ2v) is 11.5. The van der Waals surface area contributed by atoms with Crippen LogP contribution in [0.3, 0.4) is 0 Å². The monoisotopic (exact) mass is 461 g/mol. The predicted octanol–water partition coefficient (Wildman–Crippen LogP) is 3.86. The molecule has 2 aliphatic rings. The van der Waals surface area contributed by atoms with Gasteiger partial charge in [-0.1, -0.05) is 30.8 Å². The van der Waals surface area contributed by atoms with E-state index in [1.165, 1.54) is 40.8 Å². The van der Waals surface area contributed by atoms with Gasteiger partial charge in [-0.15, -0.1) is 21.5 Å². The predicted molar refractivity (Wildman–Crippen MR) is 114 cm³/mol. The summed E-state index contributed by atoms with van der Waals surface area (Å²) in [4.78, 5) is 14.9. The van der Waals surface area contributed by atoms with Gasteiger partial charge in [0, 0.05) is 17.2 Å². The molecule has 5 rings (SSSR count). The standard InChI is InChI=1S/C20H19N3O4S3/c1-12-6-7-15-13(10-12)11-16(29-15)18-21-22-20(27-18)28-9-8-23-19(24)14-4-2-3-5-17(14)30(23,25)26/h2-5,11-12H,6-10H2,1H3/t12-/m1/s1. The highest BCUT2D eigenvalue weighted by atomic mass is 32.2. The molecule has 0 fully saturated rings. The normalized spacial score (nSPS) is 19.7. The first-order valence-corrected chi connectivity index (χ1v) is 12.9. The molecule has 3 aromatic rings. The molecule has 1 atom stereocenters. The Morgan fingerprint density at radius 3 is 2.97 bits per heavy atom. The molecule has 1 aliphatic heterocycles. The minimum atomic E-state index is -3.79. The first-order valence-electron chi connectivity index (χ1n) is 9.68. The maximum Gasteiger partial charge on any atom is 0.276 e. The van der Waals surface area contributed by atoms with Crippen LogP contribution in [-0.4, -0.2) is 41.1 Å². The Labute approximate surface area is 182 Å². The number of hydrogen-bond acceptors (Lipinski definition) is 8. The summed E-state index contributed by atoms with van der Waals surface area (Å²) in [5.74, 6) is 1.03. The third-order valence-electron chi connectivity index (χ3n) is 5.38. The lowest BCUT2D eigenvalue weighted by atomic mass is 9.90. The van der Waals surface area contributed by atoms with Crippen LogP contribution in [0.4, 0.5) is 0 Å². The molecule has 0 radical (unpaired) electrons. The number of thioether (sulfide) groups is 1. The van der Waals surface area contributed by atoms with Crippen molar-refractivity contribution in [1.29, 1.82) is 0 Å². The average molecular weight is 462 g/mol. The number of sulfonamides is 1. The molecular weight excluding hydrogens is 442 g/mol. The summed E-state index contributed by atoms with van der Waals surface area (Å²) in [7, 11) is -3.79. The zero-order valence-corrected chi connectivity index (χ0v) is 18.6. The lowest BCUT2D eigenvalue weighted by molar-refractivity contribution is 0.0876. The minimum Gasteiger partial charge on any atom is -0.410 e. The van der Waals surface area contributed by atoms with Gasteiger partial charge in [0.25, 0.3) is 27.0 Å². The van der Waals surface area contributed by atoms with Crippen LogP contribution in [0.1, 0.15) is 34.1 Å². The summed E-state index contributed by atoms with van der Waals surface area (Å²) in [5, 5.41) is 8.59. The number of amides is 1. The summed E-state index contributed by atoms with van der Waals surface area (Å²) < 4.78 is 31.9. The number of aryl methyl sites for hydroxylation is 1. The van der Waals surface area contributed by atoms with E-state index in [1.807, 2.05) is 0 Å². The molecule has 0 saturated carbocycles. The average Bonchev–Trinajstić information content (AvgIpc) is 3.40. The van der Waals surface area contributed by atoms with Crippen LogP contribution in [0, 0.1) is 5.92 Å². The molecule has 7 nitrogen and oxygen atoms in total. The largest absolute Gasteiger partial charge is 0.410 e. The Kier molecular flexibility index (Phi) is 4.95. The number of carbonyl (C=O) groups excluding carboxylic acids is 1. The third kappa shape index (κ3) is 3.36. The van der Waals surface area contributed by atoms with E-state index in [-0.39, 0.29) is 17.0 Å². The Balaban J connectivity index is 1.25. The van der Waals surface area contributed by atoms with E-state index in [2.05, 4.69) is 23.2 Å². The van der Waals surface area contributed by atoms with Crippen molar-refractivity contribution in [1.82, 2.24) is 14.5 Å². The van der Waals surface area contributed by atoms with Crippen molar-refractivity contribution < 1.29 is 17.6 Å². The van der Waals surface area contributed by atoms with Crippen molar-refractivity contribution in [2.75, 3.05) is 12.3 Å². The Bertz CT molecular complexity index is 1230. The first kappa shape index (κ1) is 19.8. The maximum absolute atomic E-state index is 12.6. The fourth-order valence-electron chi connectivity index (χ4n) is 3.85. The Hall–Kier alpha value is -2.17. The molecule has 1 amide bonds. The molecular formula is C20H19N3O4S3. The fraction of sp³-hybridized carbons (Fsp3) is 0.350. The van der Waals surface area contributed by atoms with Crippen molar-refractivity contribution in [2.45, 2.75) is 36.3 Å². The van der Waals surface area contributed by atoms with Crippen molar-refractivity contribution in [2.24, 2.45) is 5.92 Å². The van der Waals surface area contributed by atoms with Crippen LogP contribution in [0.25, 0.3) is 10.8 Å². The highest BCUT2D eigenvalue weighted by Gasteiger charge is 2.40. The van der Waals surface area contributed by atoms with Crippen LogP contribution in [0.2, 0.25) is 0 Å². The van der Waals surface area contributed by atoms with Crippen LogP contribution < -0.4 is 0 Å². The second-order valence-electron chi connectivity index (χ2n) is 7.51. The molecule has 156 valence electrons. The maximum atomic E-state index is 12.6. The van der Waals surface area contributed by atoms with Gasteiger partial charge in [0.15, 0.2) is 0 Å². The van der Waals surface area contributed by atoms with Gasteiger partial charge in [0.05, 0.1) is 10.4 Å². The molecule has 1 aliphatic carbocycles. The van der Waals surface area contributed by atoms with Crippen molar-refractivity contribution in [3.8, 4) is 10.8 Å². The first-order chi connectivity index (χ1) is 14.4. The summed E-state index contributed by atoms with van der Waals surface area (Å²) in [6.45, 7) is 2.31. The highest BCUT2D eigenvalue weighted by Crippen LogP contribution is 2.37. The Morgan fingerprint density at radius 1 is 1.30 bits per heavy atom. The number of thiophene rings is 1. The SMILES string of the molecule is C[C@@H]1CCc2sc(-c3nnc(SCCN4C(=O)c5ccccc5S4(=O)=O)o3)cc2C1. The van der Waals surface area contributed by atoms with Gasteiger partial charge in [0.1, 0.15) is 4.90 Å². The number of rotatable bonds is 5.